The minimum Gasteiger partial charge on any atom is -0.465 e. The van der Waals surface area contributed by atoms with Gasteiger partial charge in [-0.25, -0.2) is 4.79 Å². The molecule has 0 aromatic heterocycles. The van der Waals surface area contributed by atoms with Crippen LogP contribution >= 0.6 is 0 Å². The van der Waals surface area contributed by atoms with Gasteiger partial charge in [0.05, 0.1) is 18.8 Å². The van der Waals surface area contributed by atoms with E-state index >= 15 is 0 Å². The van der Waals surface area contributed by atoms with Crippen LogP contribution in [0, 0.1) is 52.3 Å². The largest absolute Gasteiger partial charge is 0.465 e. The smallest absolute Gasteiger partial charge is 0.338 e. The molecule has 4 saturated carbocycles. The Balaban J connectivity index is 1.33. The monoisotopic (exact) mass is 518 g/mol. The molecule has 4 fully saturated rings. The molecule has 5 rings (SSSR count). The van der Waals surface area contributed by atoms with Crippen LogP contribution in [0.2, 0.25) is 0 Å². The van der Waals surface area contributed by atoms with Gasteiger partial charge in [-0.3, -0.25) is 0 Å². The third-order valence-electron chi connectivity index (χ3n) is 12.3. The van der Waals surface area contributed by atoms with Crippen LogP contribution in [0.15, 0.2) is 43.0 Å². The Morgan fingerprint density at radius 3 is 2.55 bits per heavy atom. The van der Waals surface area contributed by atoms with Gasteiger partial charge in [0, 0.05) is 0 Å². The predicted molar refractivity (Wildman–Crippen MR) is 156 cm³/mol. The zero-order chi connectivity index (χ0) is 27.1. The molecule has 1 aromatic rings. The molecule has 0 aliphatic heterocycles. The lowest BCUT2D eigenvalue weighted by Gasteiger charge is -2.63. The summed E-state index contributed by atoms with van der Waals surface area (Å²) in [7, 11) is 1.44. The number of esters is 1. The van der Waals surface area contributed by atoms with Crippen molar-refractivity contribution in [3.8, 4) is 0 Å². The van der Waals surface area contributed by atoms with Gasteiger partial charge < -0.3 is 9.84 Å². The summed E-state index contributed by atoms with van der Waals surface area (Å²) >= 11 is 0. The molecule has 0 radical (unpaired) electrons. The van der Waals surface area contributed by atoms with Crippen LogP contribution < -0.4 is 0 Å². The van der Waals surface area contributed by atoms with Crippen LogP contribution in [-0.4, -0.2) is 24.3 Å². The Morgan fingerprint density at radius 2 is 1.82 bits per heavy atom. The van der Waals surface area contributed by atoms with E-state index in [0.717, 1.165) is 48.5 Å². The summed E-state index contributed by atoms with van der Waals surface area (Å²) in [6.45, 7) is 11.9. The maximum Gasteiger partial charge on any atom is 0.338 e. The van der Waals surface area contributed by atoms with Crippen LogP contribution in [0.25, 0.3) is 6.08 Å². The second-order valence-electron chi connectivity index (χ2n) is 13.7. The minimum atomic E-state index is -0.283. The highest BCUT2D eigenvalue weighted by Crippen LogP contribution is 2.69. The van der Waals surface area contributed by atoms with Gasteiger partial charge in [-0.1, -0.05) is 63.6 Å². The van der Waals surface area contributed by atoms with Crippen molar-refractivity contribution in [1.29, 1.82) is 0 Å². The Kier molecular flexibility index (Phi) is 7.98. The zero-order valence-corrected chi connectivity index (χ0v) is 24.2. The molecule has 1 N–H and O–H groups in total. The number of allylic oxidation sites excluding steroid dienone is 2. The van der Waals surface area contributed by atoms with Crippen LogP contribution in [0.3, 0.4) is 0 Å². The maximum absolute atomic E-state index is 12.2. The topological polar surface area (TPSA) is 46.5 Å². The van der Waals surface area contributed by atoms with E-state index in [4.69, 9.17) is 4.74 Å². The minimum absolute atomic E-state index is 0.0793. The van der Waals surface area contributed by atoms with E-state index in [1.54, 1.807) is 0 Å². The number of hydrogen-bond acceptors (Lipinski definition) is 3. The summed E-state index contributed by atoms with van der Waals surface area (Å²) < 4.78 is 4.98. The van der Waals surface area contributed by atoms with Crippen molar-refractivity contribution in [2.45, 2.75) is 91.1 Å². The molecule has 4 aliphatic carbocycles. The highest BCUT2D eigenvalue weighted by Gasteiger charge is 2.62. The number of carbonyl (C=O) groups excluding carboxylic acids is 1. The summed E-state index contributed by atoms with van der Waals surface area (Å²) in [4.78, 5) is 12.2. The molecule has 3 heteroatoms. The van der Waals surface area contributed by atoms with Crippen molar-refractivity contribution < 1.29 is 14.6 Å². The van der Waals surface area contributed by atoms with Crippen LogP contribution in [0.5, 0.6) is 0 Å². The van der Waals surface area contributed by atoms with E-state index in [2.05, 4.69) is 45.6 Å². The quantitative estimate of drug-likeness (QED) is 0.291. The van der Waals surface area contributed by atoms with Crippen molar-refractivity contribution in [2.75, 3.05) is 7.11 Å². The number of hydrogen-bond donors (Lipinski definition) is 1. The maximum atomic E-state index is 12.2. The van der Waals surface area contributed by atoms with E-state index < -0.39 is 0 Å². The Morgan fingerprint density at radius 1 is 1.08 bits per heavy atom. The third-order valence-corrected chi connectivity index (χ3v) is 12.3. The fourth-order valence-corrected chi connectivity index (χ4v) is 10.4. The fraction of sp³-hybridized carbons (Fsp3) is 0.686. The van der Waals surface area contributed by atoms with E-state index in [1.807, 2.05) is 24.3 Å². The molecule has 0 bridgehead atoms. The fourth-order valence-electron chi connectivity index (χ4n) is 10.4. The van der Waals surface area contributed by atoms with Crippen LogP contribution in [0.4, 0.5) is 0 Å². The lowest BCUT2D eigenvalue weighted by atomic mass is 9.42. The number of aliphatic hydroxyl groups excluding tert-OH is 1. The molecule has 0 unspecified atom stereocenters. The molecule has 0 saturated heterocycles. The lowest BCUT2D eigenvalue weighted by molar-refractivity contribution is -0.152. The summed E-state index contributed by atoms with van der Waals surface area (Å²) in [6.07, 6.45) is 18.7. The molecule has 3 nitrogen and oxygen atoms in total. The first-order valence-corrected chi connectivity index (χ1v) is 15.4. The van der Waals surface area contributed by atoms with Gasteiger partial charge in [-0.2, -0.15) is 0 Å². The first-order chi connectivity index (χ1) is 18.3. The second kappa shape index (κ2) is 11.0. The van der Waals surface area contributed by atoms with Crippen molar-refractivity contribution in [1.82, 2.24) is 0 Å². The number of fused-ring (bicyclic) bond motifs is 5. The van der Waals surface area contributed by atoms with Gasteiger partial charge in [0.25, 0.3) is 0 Å². The number of methoxy groups -OCH3 is 1. The normalized spacial score (nSPS) is 41.1. The standard InChI is InChI=1S/C35H50O3/c1-6-23(12-10-13-25-11-8-9-14-27(25)33(37)38-5)29-15-16-30-28-21-24(7-2)32-22-26(36)17-19-35(32,4)31(28)18-20-34(29,30)3/h6,8-11,13-14,23-24,26,28-32,36H,1,7,12,15-22H2,2-5H3/b13-10+/t23-,24+,26-,28+,29-,30+,31+,32+,34-,35-/m1/s1. The molecule has 4 aliphatic rings. The van der Waals surface area contributed by atoms with Crippen molar-refractivity contribution in [2.24, 2.45) is 52.3 Å². The average molecular weight is 519 g/mol. The summed E-state index contributed by atoms with van der Waals surface area (Å²) in [6, 6.07) is 7.69. The number of aliphatic hydroxyl groups is 1. The Labute approximate surface area is 231 Å². The lowest BCUT2D eigenvalue weighted by Crippen LogP contribution is -2.56. The number of ether oxygens (including phenoxy) is 1. The first-order valence-electron chi connectivity index (χ1n) is 15.4. The Bertz CT molecular complexity index is 1040. The van der Waals surface area contributed by atoms with Gasteiger partial charge in [-0.15, -0.1) is 6.58 Å². The van der Waals surface area contributed by atoms with E-state index in [-0.39, 0.29) is 12.1 Å². The summed E-state index contributed by atoms with van der Waals surface area (Å²) in [5.74, 6) is 4.81. The van der Waals surface area contributed by atoms with Crippen molar-refractivity contribution >= 4 is 12.0 Å². The summed E-state index contributed by atoms with van der Waals surface area (Å²) in [5, 5.41) is 10.5. The third kappa shape index (κ3) is 4.61. The van der Waals surface area contributed by atoms with E-state index in [1.165, 1.54) is 52.1 Å². The van der Waals surface area contributed by atoms with Crippen molar-refractivity contribution in [3.05, 3.63) is 54.1 Å². The molecule has 0 heterocycles. The van der Waals surface area contributed by atoms with Gasteiger partial charge >= 0.3 is 5.97 Å². The van der Waals surface area contributed by atoms with Crippen LogP contribution in [-0.2, 0) is 4.74 Å². The first kappa shape index (κ1) is 27.7. The number of benzene rings is 1. The SMILES string of the molecule is C=C[C@H](C/C=C/c1ccccc1C(=O)OC)[C@H]1CC[C@H]2[C@@H]3C[C@H](CC)[C@@H]4C[C@H](O)CC[C@]4(C)[C@H]3CC[C@]12C. The van der Waals surface area contributed by atoms with Gasteiger partial charge in [0.2, 0.25) is 0 Å². The van der Waals surface area contributed by atoms with Crippen LogP contribution in [0.1, 0.15) is 101 Å². The molecular formula is C35H50O3. The molecular weight excluding hydrogens is 468 g/mol. The molecule has 38 heavy (non-hydrogen) atoms. The van der Waals surface area contributed by atoms with Gasteiger partial charge in [0.15, 0.2) is 0 Å². The van der Waals surface area contributed by atoms with E-state index in [0.29, 0.717) is 34.1 Å². The summed E-state index contributed by atoms with van der Waals surface area (Å²) in [5.41, 5.74) is 2.34. The predicted octanol–water partition coefficient (Wildman–Crippen LogP) is 8.33. The second-order valence-corrected chi connectivity index (χ2v) is 13.7. The highest BCUT2D eigenvalue weighted by atomic mass is 16.5. The molecule has 0 amide bonds. The molecule has 208 valence electrons. The number of rotatable bonds is 7. The molecule has 0 spiro atoms. The average Bonchev–Trinajstić information content (AvgIpc) is 3.28. The zero-order valence-electron chi connectivity index (χ0n) is 24.2. The van der Waals surface area contributed by atoms with Gasteiger partial charge in [-0.05, 0) is 122 Å². The highest BCUT2D eigenvalue weighted by molar-refractivity contribution is 5.93. The van der Waals surface area contributed by atoms with E-state index in [9.17, 15) is 9.90 Å². The van der Waals surface area contributed by atoms with Crippen molar-refractivity contribution in [3.63, 3.8) is 0 Å². The molecule has 1 aromatic carbocycles. The van der Waals surface area contributed by atoms with Gasteiger partial charge in [0.1, 0.15) is 0 Å². The Hall–Kier alpha value is -1.87. The number of carbonyl (C=O) groups is 1. The molecule has 10 atom stereocenters.